The molecule has 1 fully saturated rings. The fraction of sp³-hybridized carbons (Fsp3) is 0.467. The molecular weight excluding hydrogens is 348 g/mol. The highest BCUT2D eigenvalue weighted by atomic mass is 32.2. The van der Waals surface area contributed by atoms with Gasteiger partial charge in [-0.1, -0.05) is 0 Å². The molecule has 2 aromatic rings. The number of benzene rings is 1. The summed E-state index contributed by atoms with van der Waals surface area (Å²) in [5.41, 5.74) is 1.41. The van der Waals surface area contributed by atoms with Gasteiger partial charge in [-0.05, 0) is 30.9 Å². The third-order valence-corrected chi connectivity index (χ3v) is 5.45. The van der Waals surface area contributed by atoms with E-state index in [0.29, 0.717) is 36.4 Å². The van der Waals surface area contributed by atoms with Crippen LogP contribution in [-0.4, -0.2) is 49.6 Å². The van der Waals surface area contributed by atoms with Gasteiger partial charge in [0.25, 0.3) is 0 Å². The number of nitrogens with zero attached hydrogens (tertiary/aromatic N) is 1. The van der Waals surface area contributed by atoms with Crippen LogP contribution < -0.4 is 16.4 Å². The van der Waals surface area contributed by atoms with Crippen molar-refractivity contribution in [2.24, 2.45) is 5.92 Å². The molecule has 136 valence electrons. The molecule has 1 aromatic carbocycles. The Kier molecular flexibility index (Phi) is 4.82. The maximum atomic E-state index is 12.0. The van der Waals surface area contributed by atoms with Gasteiger partial charge in [0.2, 0.25) is 10.0 Å². The first-order valence-electron chi connectivity index (χ1n) is 7.94. The fourth-order valence-corrected chi connectivity index (χ4v) is 3.87. The van der Waals surface area contributed by atoms with Crippen LogP contribution in [0.1, 0.15) is 12.8 Å². The van der Waals surface area contributed by atoms with E-state index in [1.165, 1.54) is 10.6 Å². The summed E-state index contributed by atoms with van der Waals surface area (Å²) < 4.78 is 29.6. The molecule has 2 heterocycles. The Labute approximate surface area is 144 Å². The zero-order chi connectivity index (χ0) is 18.0. The predicted molar refractivity (Wildman–Crippen MR) is 93.0 cm³/mol. The van der Waals surface area contributed by atoms with Gasteiger partial charge in [-0.3, -0.25) is 4.98 Å². The molecule has 1 atom stereocenters. The van der Waals surface area contributed by atoms with Gasteiger partial charge in [-0.2, -0.15) is 0 Å². The Morgan fingerprint density at radius 2 is 2.24 bits per heavy atom. The monoisotopic (exact) mass is 368 g/mol. The van der Waals surface area contributed by atoms with E-state index in [1.54, 1.807) is 18.2 Å². The molecule has 0 radical (unpaired) electrons. The number of anilines is 1. The van der Waals surface area contributed by atoms with Crippen LogP contribution in [0.15, 0.2) is 27.4 Å². The minimum absolute atomic E-state index is 0.0828. The van der Waals surface area contributed by atoms with Crippen LogP contribution in [0.5, 0.6) is 0 Å². The molecule has 10 heteroatoms. The number of oxazole rings is 1. The Balaban J connectivity index is 1.54. The highest BCUT2D eigenvalue weighted by molar-refractivity contribution is 7.88. The van der Waals surface area contributed by atoms with Gasteiger partial charge in [-0.25, -0.2) is 22.3 Å². The Hall–Kier alpha value is -2.33. The number of rotatable bonds is 4. The highest BCUT2D eigenvalue weighted by Gasteiger charge is 2.25. The lowest BCUT2D eigenvalue weighted by Crippen LogP contribution is -2.43. The molecule has 0 bridgehead atoms. The first kappa shape index (κ1) is 17.5. The van der Waals surface area contributed by atoms with Crippen molar-refractivity contribution in [3.8, 4) is 0 Å². The minimum atomic E-state index is -3.20. The van der Waals surface area contributed by atoms with Crippen LogP contribution in [0.2, 0.25) is 0 Å². The van der Waals surface area contributed by atoms with E-state index in [1.807, 2.05) is 0 Å². The summed E-state index contributed by atoms with van der Waals surface area (Å²) in [6.07, 6.45) is 2.85. The summed E-state index contributed by atoms with van der Waals surface area (Å²) in [6, 6.07) is 4.45. The van der Waals surface area contributed by atoms with Gasteiger partial charge in [0, 0.05) is 31.4 Å². The van der Waals surface area contributed by atoms with Crippen LogP contribution in [-0.2, 0) is 10.0 Å². The first-order chi connectivity index (χ1) is 11.8. The minimum Gasteiger partial charge on any atom is -0.408 e. The van der Waals surface area contributed by atoms with E-state index in [9.17, 15) is 18.0 Å². The van der Waals surface area contributed by atoms with Crippen molar-refractivity contribution >= 4 is 32.8 Å². The Bertz CT molecular complexity index is 933. The van der Waals surface area contributed by atoms with Gasteiger partial charge < -0.3 is 15.1 Å². The normalized spacial score (nSPS) is 19.0. The fourth-order valence-electron chi connectivity index (χ4n) is 2.93. The molecule has 1 aliphatic rings. The zero-order valence-corrected chi connectivity index (χ0v) is 14.6. The van der Waals surface area contributed by atoms with Gasteiger partial charge in [-0.15, -0.1) is 0 Å². The number of carbonyl (C=O) groups excluding carboxylic acids is 1. The largest absolute Gasteiger partial charge is 0.417 e. The topological polar surface area (TPSA) is 125 Å². The second kappa shape index (κ2) is 6.89. The third kappa shape index (κ3) is 4.40. The third-order valence-electron chi connectivity index (χ3n) is 4.18. The summed E-state index contributed by atoms with van der Waals surface area (Å²) in [4.78, 5) is 25.7. The number of nitrogens with one attached hydrogen (secondary N) is 3. The molecule has 1 saturated heterocycles. The molecule has 9 nitrogen and oxygen atoms in total. The average molecular weight is 368 g/mol. The lowest BCUT2D eigenvalue weighted by Gasteiger charge is -2.30. The van der Waals surface area contributed by atoms with Crippen LogP contribution in [0, 0.1) is 5.92 Å². The molecule has 1 aliphatic heterocycles. The molecule has 3 rings (SSSR count). The molecule has 0 aliphatic carbocycles. The van der Waals surface area contributed by atoms with Crippen LogP contribution in [0.25, 0.3) is 11.1 Å². The quantitative estimate of drug-likeness (QED) is 0.740. The number of H-pyrrole nitrogens is 1. The number of sulfonamides is 1. The standard InChI is InChI=1S/C15H20N4O5S/c1-25(22,23)19-6-2-3-10(9-19)8-16-14(20)17-11-4-5-12-13(7-11)24-15(21)18-12/h4-5,7,10H,2-3,6,8-9H2,1H3,(H,18,21)(H2,16,17,20)/t10-/m1/s1. The van der Waals surface area contributed by atoms with E-state index in [2.05, 4.69) is 15.6 Å². The smallest absolute Gasteiger partial charge is 0.408 e. The number of piperidine rings is 1. The van der Waals surface area contributed by atoms with Gasteiger partial charge in [0.05, 0.1) is 11.8 Å². The van der Waals surface area contributed by atoms with Crippen LogP contribution in [0.3, 0.4) is 0 Å². The molecule has 0 unspecified atom stereocenters. The number of fused-ring (bicyclic) bond motifs is 1. The summed E-state index contributed by atoms with van der Waals surface area (Å²) in [5, 5.41) is 5.42. The van der Waals surface area contributed by atoms with Crippen molar-refractivity contribution in [2.75, 3.05) is 31.2 Å². The highest BCUT2D eigenvalue weighted by Crippen LogP contribution is 2.18. The van der Waals surface area contributed by atoms with Crippen molar-refractivity contribution in [2.45, 2.75) is 12.8 Å². The Morgan fingerprint density at radius 1 is 1.44 bits per heavy atom. The molecular formula is C15H20N4O5S. The first-order valence-corrected chi connectivity index (χ1v) is 9.79. The number of aromatic amines is 1. The van der Waals surface area contributed by atoms with Crippen LogP contribution in [0.4, 0.5) is 10.5 Å². The van der Waals surface area contributed by atoms with Gasteiger partial charge >= 0.3 is 11.8 Å². The van der Waals surface area contributed by atoms with Gasteiger partial charge in [0.1, 0.15) is 0 Å². The summed E-state index contributed by atoms with van der Waals surface area (Å²) >= 11 is 0. The second-order valence-electron chi connectivity index (χ2n) is 6.19. The molecule has 0 spiro atoms. The number of amides is 2. The maximum Gasteiger partial charge on any atom is 0.417 e. The number of aromatic nitrogens is 1. The van der Waals surface area contributed by atoms with E-state index in [4.69, 9.17) is 4.42 Å². The van der Waals surface area contributed by atoms with Crippen molar-refractivity contribution in [3.63, 3.8) is 0 Å². The SMILES string of the molecule is CS(=O)(=O)N1CCC[C@H](CNC(=O)Nc2ccc3[nH]c(=O)oc3c2)C1. The summed E-state index contributed by atoms with van der Waals surface area (Å²) in [6.45, 7) is 1.34. The average Bonchev–Trinajstić information content (AvgIpc) is 2.92. The van der Waals surface area contributed by atoms with E-state index < -0.39 is 21.8 Å². The predicted octanol–water partition coefficient (Wildman–Crippen LogP) is 0.914. The lowest BCUT2D eigenvalue weighted by molar-refractivity contribution is 0.239. The van der Waals surface area contributed by atoms with Crippen molar-refractivity contribution in [1.82, 2.24) is 14.6 Å². The number of urea groups is 1. The summed E-state index contributed by atoms with van der Waals surface area (Å²) in [7, 11) is -3.20. The van der Waals surface area contributed by atoms with E-state index in [-0.39, 0.29) is 5.92 Å². The number of hydrogen-bond acceptors (Lipinski definition) is 5. The van der Waals surface area contributed by atoms with Crippen LogP contribution >= 0.6 is 0 Å². The summed E-state index contributed by atoms with van der Waals surface area (Å²) in [5.74, 6) is -0.469. The van der Waals surface area contributed by atoms with Crippen molar-refractivity contribution in [3.05, 3.63) is 28.7 Å². The van der Waals surface area contributed by atoms with E-state index >= 15 is 0 Å². The maximum absolute atomic E-state index is 12.0. The lowest BCUT2D eigenvalue weighted by atomic mass is 10.00. The molecule has 0 saturated carbocycles. The number of hydrogen-bond donors (Lipinski definition) is 3. The second-order valence-corrected chi connectivity index (χ2v) is 8.17. The molecule has 2 amide bonds. The van der Waals surface area contributed by atoms with E-state index in [0.717, 1.165) is 12.8 Å². The molecule has 1 aromatic heterocycles. The zero-order valence-electron chi connectivity index (χ0n) is 13.7. The Morgan fingerprint density at radius 3 is 3.00 bits per heavy atom. The van der Waals surface area contributed by atoms with Gasteiger partial charge in [0.15, 0.2) is 5.58 Å². The number of carbonyl (C=O) groups is 1. The molecule has 3 N–H and O–H groups in total. The van der Waals surface area contributed by atoms with Crippen molar-refractivity contribution < 1.29 is 17.6 Å². The molecule has 25 heavy (non-hydrogen) atoms. The van der Waals surface area contributed by atoms with Crippen molar-refractivity contribution in [1.29, 1.82) is 0 Å².